The maximum absolute atomic E-state index is 12.1. The number of hydrogen-bond acceptors (Lipinski definition) is 6. The summed E-state index contributed by atoms with van der Waals surface area (Å²) in [6.07, 6.45) is -1.56. The molecule has 0 N–H and O–H groups in total. The maximum Gasteiger partial charge on any atom is 0.355 e. The topological polar surface area (TPSA) is 99.1 Å². The molecule has 1 aromatic carbocycles. The fourth-order valence-electron chi connectivity index (χ4n) is 1.54. The Balaban J connectivity index is 2.99. The van der Waals surface area contributed by atoms with Gasteiger partial charge in [-0.15, -0.1) is 4.40 Å². The number of ketones is 1. The molecule has 9 heteroatoms. The van der Waals surface area contributed by atoms with Crippen molar-refractivity contribution in [3.8, 4) is 0 Å². The van der Waals surface area contributed by atoms with E-state index in [9.17, 15) is 18.0 Å². The van der Waals surface area contributed by atoms with Crippen LogP contribution in [0.2, 0.25) is 5.02 Å². The third-order valence-electron chi connectivity index (χ3n) is 2.52. The van der Waals surface area contributed by atoms with Crippen LogP contribution in [0.1, 0.15) is 20.8 Å². The van der Waals surface area contributed by atoms with E-state index in [-0.39, 0.29) is 17.4 Å². The van der Waals surface area contributed by atoms with Crippen LogP contribution in [0.5, 0.6) is 0 Å². The first-order chi connectivity index (χ1) is 10.7. The van der Waals surface area contributed by atoms with E-state index in [0.29, 0.717) is 5.02 Å². The van der Waals surface area contributed by atoms with Gasteiger partial charge in [-0.05, 0) is 38.1 Å². The van der Waals surface area contributed by atoms with Gasteiger partial charge in [0, 0.05) is 11.9 Å². The van der Waals surface area contributed by atoms with E-state index in [1.54, 1.807) is 6.92 Å². The molecule has 0 fully saturated rings. The molecule has 0 saturated heterocycles. The second-order valence-corrected chi connectivity index (χ2v) is 6.44. The summed E-state index contributed by atoms with van der Waals surface area (Å²) < 4.78 is 37.3. The van der Waals surface area contributed by atoms with Crippen molar-refractivity contribution in [1.82, 2.24) is 0 Å². The lowest BCUT2D eigenvalue weighted by Crippen LogP contribution is -2.34. The van der Waals surface area contributed by atoms with E-state index in [0.717, 1.165) is 6.92 Å². The molecular formula is C14H16ClNO6S. The average molecular weight is 362 g/mol. The number of esters is 1. The van der Waals surface area contributed by atoms with Gasteiger partial charge in [-0.25, -0.2) is 4.79 Å². The van der Waals surface area contributed by atoms with Crippen molar-refractivity contribution in [2.75, 3.05) is 6.61 Å². The number of sulfonamides is 1. The van der Waals surface area contributed by atoms with Gasteiger partial charge in [0.05, 0.1) is 11.5 Å². The van der Waals surface area contributed by atoms with Gasteiger partial charge >= 0.3 is 5.97 Å². The zero-order valence-electron chi connectivity index (χ0n) is 12.8. The van der Waals surface area contributed by atoms with Crippen LogP contribution in [0.3, 0.4) is 0 Å². The van der Waals surface area contributed by atoms with Crippen molar-refractivity contribution < 1.29 is 27.5 Å². The first-order valence-corrected chi connectivity index (χ1v) is 8.40. The molecule has 0 heterocycles. The molecule has 0 spiro atoms. The quantitative estimate of drug-likeness (QED) is 0.332. The van der Waals surface area contributed by atoms with Gasteiger partial charge < -0.3 is 9.47 Å². The summed E-state index contributed by atoms with van der Waals surface area (Å²) in [5.41, 5.74) is 0. The fourth-order valence-corrected chi connectivity index (χ4v) is 2.63. The van der Waals surface area contributed by atoms with E-state index in [4.69, 9.17) is 21.1 Å². The maximum atomic E-state index is 12.1. The molecule has 0 aliphatic rings. The first kappa shape index (κ1) is 19.1. The van der Waals surface area contributed by atoms with Gasteiger partial charge in [0.1, 0.15) is 0 Å². The van der Waals surface area contributed by atoms with Crippen LogP contribution in [0.15, 0.2) is 33.6 Å². The average Bonchev–Trinajstić information content (AvgIpc) is 2.44. The van der Waals surface area contributed by atoms with Crippen molar-refractivity contribution in [3.63, 3.8) is 0 Å². The van der Waals surface area contributed by atoms with Crippen LogP contribution < -0.4 is 0 Å². The second-order valence-electron chi connectivity index (χ2n) is 4.40. The van der Waals surface area contributed by atoms with Crippen molar-refractivity contribution in [1.29, 1.82) is 0 Å². The summed E-state index contributed by atoms with van der Waals surface area (Å²) in [4.78, 5) is 22.9. The van der Waals surface area contributed by atoms with Crippen LogP contribution in [-0.2, 0) is 29.1 Å². The van der Waals surface area contributed by atoms with Crippen LogP contribution in [-0.4, -0.2) is 38.8 Å². The first-order valence-electron chi connectivity index (χ1n) is 6.58. The molecule has 1 unspecified atom stereocenters. The largest absolute Gasteiger partial charge is 0.463 e. The Morgan fingerprint density at radius 1 is 1.22 bits per heavy atom. The van der Waals surface area contributed by atoms with Gasteiger partial charge in [0.2, 0.25) is 0 Å². The highest BCUT2D eigenvalue weighted by atomic mass is 35.5. The molecular weight excluding hydrogens is 346 g/mol. The minimum atomic E-state index is -4.04. The van der Waals surface area contributed by atoms with Crippen molar-refractivity contribution in [2.45, 2.75) is 31.8 Å². The van der Waals surface area contributed by atoms with Gasteiger partial charge in [-0.2, -0.15) is 8.42 Å². The zero-order chi connectivity index (χ0) is 17.6. The molecule has 0 aliphatic carbocycles. The van der Waals surface area contributed by atoms with E-state index < -0.39 is 27.9 Å². The molecule has 1 aromatic rings. The molecule has 7 nitrogen and oxygen atoms in total. The summed E-state index contributed by atoms with van der Waals surface area (Å²) in [5, 5.41) is 0.375. The van der Waals surface area contributed by atoms with Crippen LogP contribution in [0, 0.1) is 0 Å². The molecule has 0 aliphatic heterocycles. The number of hydrogen-bond donors (Lipinski definition) is 0. The summed E-state index contributed by atoms with van der Waals surface area (Å²) in [6.45, 7) is 3.98. The molecule has 1 atom stereocenters. The molecule has 0 aromatic heterocycles. The number of Topliss-reactive ketones (excluding diaryl/α,β-unsaturated/α-hetero) is 1. The molecule has 0 saturated carbocycles. The Morgan fingerprint density at radius 3 is 2.26 bits per heavy atom. The molecule has 0 bridgehead atoms. The van der Waals surface area contributed by atoms with Gasteiger partial charge in [0.15, 0.2) is 11.7 Å². The Bertz CT molecular complexity index is 711. The Hall–Kier alpha value is -1.93. The number of nitrogens with zero attached hydrogens (tertiary/aromatic N) is 1. The van der Waals surface area contributed by atoms with Crippen molar-refractivity contribution in [2.24, 2.45) is 4.40 Å². The zero-order valence-corrected chi connectivity index (χ0v) is 14.3. The molecule has 126 valence electrons. The summed E-state index contributed by atoms with van der Waals surface area (Å²) >= 11 is 5.69. The molecule has 0 amide bonds. The monoisotopic (exact) mass is 361 g/mol. The predicted octanol–water partition coefficient (Wildman–Crippen LogP) is 1.98. The number of rotatable bonds is 6. The standard InChI is InChI=1S/C14H16ClNO6S/c1-4-21-14(18)13(9(2)17)22-10(3)16-23(19,20)12-7-5-11(15)6-8-12/h5-8,13H,4H2,1-3H3. The van der Waals surface area contributed by atoms with Crippen LogP contribution in [0.4, 0.5) is 0 Å². The van der Waals surface area contributed by atoms with E-state index in [1.807, 2.05) is 0 Å². The van der Waals surface area contributed by atoms with Gasteiger partial charge in [0.25, 0.3) is 16.1 Å². The van der Waals surface area contributed by atoms with Crippen molar-refractivity contribution >= 4 is 39.3 Å². The number of ether oxygens (including phenoxy) is 2. The number of benzene rings is 1. The number of halogens is 1. The lowest BCUT2D eigenvalue weighted by atomic mass is 10.2. The summed E-state index contributed by atoms with van der Waals surface area (Å²) in [6, 6.07) is 5.36. The SMILES string of the molecule is CCOC(=O)C(OC(C)=NS(=O)(=O)c1ccc(Cl)cc1)C(C)=O. The predicted molar refractivity (Wildman–Crippen MR) is 83.9 cm³/mol. The Labute approximate surface area is 139 Å². The minimum absolute atomic E-state index is 0.0608. The lowest BCUT2D eigenvalue weighted by molar-refractivity contribution is -0.155. The van der Waals surface area contributed by atoms with Crippen LogP contribution in [0.25, 0.3) is 0 Å². The Morgan fingerprint density at radius 2 is 1.78 bits per heavy atom. The minimum Gasteiger partial charge on any atom is -0.463 e. The van der Waals surface area contributed by atoms with Crippen LogP contribution >= 0.6 is 11.6 Å². The highest BCUT2D eigenvalue weighted by Crippen LogP contribution is 2.16. The van der Waals surface area contributed by atoms with E-state index in [1.165, 1.54) is 31.2 Å². The Kier molecular flexibility index (Phi) is 6.71. The summed E-state index contributed by atoms with van der Waals surface area (Å²) in [5.74, 6) is -1.88. The summed E-state index contributed by atoms with van der Waals surface area (Å²) in [7, 11) is -4.04. The number of carbonyl (C=O) groups is 2. The lowest BCUT2D eigenvalue weighted by Gasteiger charge is -2.14. The highest BCUT2D eigenvalue weighted by Gasteiger charge is 2.28. The third kappa shape index (κ3) is 5.65. The third-order valence-corrected chi connectivity index (χ3v) is 4.14. The smallest absolute Gasteiger partial charge is 0.355 e. The molecule has 23 heavy (non-hydrogen) atoms. The van der Waals surface area contributed by atoms with E-state index in [2.05, 4.69) is 4.40 Å². The molecule has 0 radical (unpaired) electrons. The van der Waals surface area contributed by atoms with Gasteiger partial charge in [-0.1, -0.05) is 11.6 Å². The van der Waals surface area contributed by atoms with Crippen molar-refractivity contribution in [3.05, 3.63) is 29.3 Å². The number of carbonyl (C=O) groups excluding carboxylic acids is 2. The van der Waals surface area contributed by atoms with E-state index >= 15 is 0 Å². The highest BCUT2D eigenvalue weighted by molar-refractivity contribution is 7.90. The second kappa shape index (κ2) is 8.07. The fraction of sp³-hybridized carbons (Fsp3) is 0.357. The normalized spacial score (nSPS) is 13.3. The van der Waals surface area contributed by atoms with Gasteiger partial charge in [-0.3, -0.25) is 4.79 Å². The molecule has 1 rings (SSSR count).